The van der Waals surface area contributed by atoms with Gasteiger partial charge in [-0.15, -0.1) is 0 Å². The van der Waals surface area contributed by atoms with E-state index in [0.717, 1.165) is 0 Å². The van der Waals surface area contributed by atoms with Gasteiger partial charge in [-0.3, -0.25) is 4.79 Å². The summed E-state index contributed by atoms with van der Waals surface area (Å²) in [5, 5.41) is 8.55. The van der Waals surface area contributed by atoms with E-state index in [2.05, 4.69) is 0 Å². The monoisotopic (exact) mass is 544 g/mol. The van der Waals surface area contributed by atoms with Crippen LogP contribution in [0.15, 0.2) is 0 Å². The molecule has 0 radical (unpaired) electrons. The van der Waals surface area contributed by atoms with Gasteiger partial charge in [0.25, 0.3) is 0 Å². The molecule has 0 atom stereocenters. The lowest BCUT2D eigenvalue weighted by molar-refractivity contribution is -0.142. The number of carbonyl (C=O) groups is 1. The topological polar surface area (TPSA) is 139 Å². The van der Waals surface area contributed by atoms with E-state index in [9.17, 15) is 4.79 Å². The van der Waals surface area contributed by atoms with Crippen molar-refractivity contribution in [1.29, 1.82) is 0 Å². The van der Waals surface area contributed by atoms with Crippen LogP contribution in [-0.2, 0) is 56.9 Å². The lowest BCUT2D eigenvalue weighted by atomic mass is 10.6. The number of aliphatic hydroxyl groups is 1. The average Bonchev–Trinajstić information content (AvgIpc) is 2.89. The molecule has 13 heteroatoms. The molecular weight excluding hydrogens is 496 g/mol. The zero-order chi connectivity index (χ0) is 26.9. The minimum Gasteiger partial charge on any atom is -0.463 e. The molecule has 0 aliphatic carbocycles. The number of rotatable bonds is 32. The van der Waals surface area contributed by atoms with E-state index in [1.807, 2.05) is 0 Å². The standard InChI is InChI=1S/C24H48O13/c1-24(26)37-23-22-36-21-20-35-19-18-34-17-16-33-15-14-32-13-12-31-11-10-30-9-8-29-7-6-28-5-4-27-3-2-25/h25H,2-23H2,1H3. The second-order valence-electron chi connectivity index (χ2n) is 7.19. The van der Waals surface area contributed by atoms with Crippen LogP contribution in [0, 0.1) is 0 Å². The Labute approximate surface area is 220 Å². The maximum Gasteiger partial charge on any atom is 0.302 e. The lowest BCUT2D eigenvalue weighted by Gasteiger charge is -2.09. The first-order valence-electron chi connectivity index (χ1n) is 12.8. The number of esters is 1. The molecule has 0 saturated carbocycles. The van der Waals surface area contributed by atoms with Crippen LogP contribution in [0.4, 0.5) is 0 Å². The van der Waals surface area contributed by atoms with Crippen molar-refractivity contribution in [3.05, 3.63) is 0 Å². The Hall–Kier alpha value is -0.970. The van der Waals surface area contributed by atoms with Gasteiger partial charge < -0.3 is 57.2 Å². The molecule has 0 heterocycles. The molecule has 13 nitrogen and oxygen atoms in total. The number of hydrogen-bond acceptors (Lipinski definition) is 13. The van der Waals surface area contributed by atoms with Crippen LogP contribution in [0.5, 0.6) is 0 Å². The predicted octanol–water partition coefficient (Wildman–Crippen LogP) is -0.292. The molecule has 222 valence electrons. The summed E-state index contributed by atoms with van der Waals surface area (Å²) in [5.41, 5.74) is 0. The number of carbonyl (C=O) groups excluding carboxylic acids is 1. The molecule has 37 heavy (non-hydrogen) atoms. The number of hydrogen-bond donors (Lipinski definition) is 1. The summed E-state index contributed by atoms with van der Waals surface area (Å²) in [7, 11) is 0. The molecule has 0 rings (SSSR count). The van der Waals surface area contributed by atoms with Gasteiger partial charge >= 0.3 is 5.97 Å². The number of aliphatic hydroxyl groups excluding tert-OH is 1. The first-order valence-corrected chi connectivity index (χ1v) is 12.8. The first-order chi connectivity index (χ1) is 18.3. The predicted molar refractivity (Wildman–Crippen MR) is 132 cm³/mol. The SMILES string of the molecule is CC(=O)OCCOCCOCCOCCOCCOCCOCCOCCOCCOCCOCCO. The van der Waals surface area contributed by atoms with Gasteiger partial charge in [-0.05, 0) is 0 Å². The molecule has 0 aromatic carbocycles. The molecule has 0 aliphatic heterocycles. The highest BCUT2D eigenvalue weighted by Crippen LogP contribution is 1.87. The molecule has 0 saturated heterocycles. The van der Waals surface area contributed by atoms with Gasteiger partial charge in [0.05, 0.1) is 139 Å². The van der Waals surface area contributed by atoms with Crippen molar-refractivity contribution >= 4 is 5.97 Å². The van der Waals surface area contributed by atoms with Gasteiger partial charge in [-0.25, -0.2) is 0 Å². The molecule has 0 aromatic rings. The van der Waals surface area contributed by atoms with Crippen molar-refractivity contribution in [2.45, 2.75) is 6.92 Å². The molecule has 0 bridgehead atoms. The van der Waals surface area contributed by atoms with Crippen molar-refractivity contribution < 1.29 is 62.0 Å². The second-order valence-corrected chi connectivity index (χ2v) is 7.19. The normalized spacial score (nSPS) is 11.3. The van der Waals surface area contributed by atoms with Crippen LogP contribution < -0.4 is 0 Å². The fourth-order valence-corrected chi connectivity index (χ4v) is 2.39. The van der Waals surface area contributed by atoms with Crippen molar-refractivity contribution in [3.63, 3.8) is 0 Å². The molecule has 0 aromatic heterocycles. The summed E-state index contributed by atoms with van der Waals surface area (Å²) < 4.78 is 58.2. The van der Waals surface area contributed by atoms with E-state index in [0.29, 0.717) is 132 Å². The van der Waals surface area contributed by atoms with E-state index in [-0.39, 0.29) is 19.2 Å². The van der Waals surface area contributed by atoms with Crippen LogP contribution in [0.1, 0.15) is 6.92 Å². The molecule has 0 aliphatic rings. The van der Waals surface area contributed by atoms with Gasteiger partial charge in [0.1, 0.15) is 6.61 Å². The van der Waals surface area contributed by atoms with Crippen molar-refractivity contribution in [2.75, 3.05) is 145 Å². The highest BCUT2D eigenvalue weighted by molar-refractivity contribution is 5.65. The van der Waals surface area contributed by atoms with Gasteiger partial charge in [0, 0.05) is 6.92 Å². The van der Waals surface area contributed by atoms with Crippen molar-refractivity contribution in [2.24, 2.45) is 0 Å². The molecule has 0 fully saturated rings. The van der Waals surface area contributed by atoms with Gasteiger partial charge in [0.15, 0.2) is 0 Å². The smallest absolute Gasteiger partial charge is 0.302 e. The Morgan fingerprint density at radius 1 is 0.378 bits per heavy atom. The van der Waals surface area contributed by atoms with Crippen molar-refractivity contribution in [1.82, 2.24) is 0 Å². The molecule has 0 unspecified atom stereocenters. The Morgan fingerprint density at radius 2 is 0.568 bits per heavy atom. The number of ether oxygens (including phenoxy) is 11. The minimum atomic E-state index is -0.312. The van der Waals surface area contributed by atoms with E-state index < -0.39 is 0 Å². The summed E-state index contributed by atoms with van der Waals surface area (Å²) in [6.45, 7) is 11.2. The zero-order valence-corrected chi connectivity index (χ0v) is 22.4. The summed E-state index contributed by atoms with van der Waals surface area (Å²) in [5.74, 6) is -0.312. The van der Waals surface area contributed by atoms with E-state index >= 15 is 0 Å². The fourth-order valence-electron chi connectivity index (χ4n) is 2.39. The molecule has 0 spiro atoms. The molecule has 1 N–H and O–H groups in total. The average molecular weight is 545 g/mol. The zero-order valence-electron chi connectivity index (χ0n) is 22.4. The lowest BCUT2D eigenvalue weighted by Crippen LogP contribution is -2.15. The van der Waals surface area contributed by atoms with Crippen LogP contribution in [-0.4, -0.2) is 156 Å². The maximum atomic E-state index is 10.6. The van der Waals surface area contributed by atoms with E-state index in [1.54, 1.807) is 0 Å². The van der Waals surface area contributed by atoms with Crippen LogP contribution in [0.25, 0.3) is 0 Å². The minimum absolute atomic E-state index is 0.0237. The summed E-state index contributed by atoms with van der Waals surface area (Å²) in [6, 6.07) is 0. The highest BCUT2D eigenvalue weighted by atomic mass is 16.6. The van der Waals surface area contributed by atoms with E-state index in [1.165, 1.54) is 6.92 Å². The van der Waals surface area contributed by atoms with Gasteiger partial charge in [-0.1, -0.05) is 0 Å². The van der Waals surface area contributed by atoms with Crippen molar-refractivity contribution in [3.8, 4) is 0 Å². The third-order valence-electron chi connectivity index (χ3n) is 4.12. The summed E-state index contributed by atoms with van der Waals surface area (Å²) in [6.07, 6.45) is 0. The molecular formula is C24H48O13. The van der Waals surface area contributed by atoms with Gasteiger partial charge in [-0.2, -0.15) is 0 Å². The Bertz CT molecular complexity index is 443. The van der Waals surface area contributed by atoms with E-state index in [4.69, 9.17) is 57.2 Å². The van der Waals surface area contributed by atoms with Crippen LogP contribution >= 0.6 is 0 Å². The van der Waals surface area contributed by atoms with Crippen LogP contribution in [0.3, 0.4) is 0 Å². The van der Waals surface area contributed by atoms with Crippen LogP contribution in [0.2, 0.25) is 0 Å². The summed E-state index contributed by atoms with van der Waals surface area (Å²) >= 11 is 0. The Morgan fingerprint density at radius 3 is 0.757 bits per heavy atom. The summed E-state index contributed by atoms with van der Waals surface area (Å²) in [4.78, 5) is 10.6. The third kappa shape index (κ3) is 35.0. The maximum absolute atomic E-state index is 10.6. The Balaban J connectivity index is 3.02. The van der Waals surface area contributed by atoms with Gasteiger partial charge in [0.2, 0.25) is 0 Å². The fraction of sp³-hybridized carbons (Fsp3) is 0.958. The second kappa shape index (κ2) is 33.1. The Kier molecular flexibility index (Phi) is 32.2. The quantitative estimate of drug-likeness (QED) is 0.0877. The third-order valence-corrected chi connectivity index (χ3v) is 4.12. The largest absolute Gasteiger partial charge is 0.463 e. The highest BCUT2D eigenvalue weighted by Gasteiger charge is 1.96. The molecule has 0 amide bonds. The first kappa shape index (κ1) is 36.0.